The fraction of sp³-hybridized carbons (Fsp3) is 0.750. The Morgan fingerprint density at radius 1 is 1.56 bits per heavy atom. The summed E-state index contributed by atoms with van der Waals surface area (Å²) in [5.41, 5.74) is 3.28. The summed E-state index contributed by atoms with van der Waals surface area (Å²) >= 11 is 6.23. The molecule has 0 aliphatic carbocycles. The standard InChI is InChI=1S/C12H23ClN4O/c1-5-12(4,18-7-3)11(16-14)10-9(13)8-15-17(10)6-2/h8,11,16H,5-7,14H2,1-4H3. The maximum absolute atomic E-state index is 6.23. The first kappa shape index (κ1) is 15.4. The molecule has 0 radical (unpaired) electrons. The van der Waals surface area contributed by atoms with Crippen LogP contribution in [-0.4, -0.2) is 22.0 Å². The highest BCUT2D eigenvalue weighted by molar-refractivity contribution is 6.31. The smallest absolute Gasteiger partial charge is 0.0930 e. The molecule has 18 heavy (non-hydrogen) atoms. The Balaban J connectivity index is 3.18. The summed E-state index contributed by atoms with van der Waals surface area (Å²) in [4.78, 5) is 0. The molecule has 6 heteroatoms. The third-order valence-corrected chi connectivity index (χ3v) is 3.65. The molecule has 1 rings (SSSR count). The molecule has 0 saturated carbocycles. The Hall–Kier alpha value is -0.620. The largest absolute Gasteiger partial charge is 0.373 e. The number of hydrazine groups is 1. The van der Waals surface area contributed by atoms with Gasteiger partial charge in [-0.1, -0.05) is 18.5 Å². The van der Waals surface area contributed by atoms with Gasteiger partial charge in [-0.15, -0.1) is 0 Å². The first-order valence-electron chi connectivity index (χ1n) is 6.35. The maximum atomic E-state index is 6.23. The fourth-order valence-electron chi connectivity index (χ4n) is 2.17. The van der Waals surface area contributed by atoms with Gasteiger partial charge in [0, 0.05) is 13.2 Å². The number of aromatic nitrogens is 2. The number of hydrogen-bond acceptors (Lipinski definition) is 4. The zero-order valence-electron chi connectivity index (χ0n) is 11.5. The van der Waals surface area contributed by atoms with Crippen molar-refractivity contribution in [1.82, 2.24) is 15.2 Å². The average molecular weight is 275 g/mol. The number of ether oxygens (including phenoxy) is 1. The molecule has 5 nitrogen and oxygen atoms in total. The van der Waals surface area contributed by atoms with Crippen LogP contribution in [0.3, 0.4) is 0 Å². The maximum Gasteiger partial charge on any atom is 0.0930 e. The Labute approximate surface area is 114 Å². The van der Waals surface area contributed by atoms with Crippen molar-refractivity contribution < 1.29 is 4.74 Å². The van der Waals surface area contributed by atoms with Crippen LogP contribution in [0.25, 0.3) is 0 Å². The SMILES string of the molecule is CCOC(C)(CC)C(NN)c1c(Cl)cnn1CC. The lowest BCUT2D eigenvalue weighted by Gasteiger charge is -2.36. The zero-order valence-corrected chi connectivity index (χ0v) is 12.3. The van der Waals surface area contributed by atoms with Gasteiger partial charge in [0.1, 0.15) is 0 Å². The summed E-state index contributed by atoms with van der Waals surface area (Å²) in [7, 11) is 0. The molecular formula is C12H23ClN4O. The van der Waals surface area contributed by atoms with Crippen LogP contribution < -0.4 is 11.3 Å². The van der Waals surface area contributed by atoms with Crippen molar-refractivity contribution in [2.75, 3.05) is 6.61 Å². The van der Waals surface area contributed by atoms with Crippen LogP contribution in [0.5, 0.6) is 0 Å². The van der Waals surface area contributed by atoms with Crippen LogP contribution in [0.15, 0.2) is 6.20 Å². The van der Waals surface area contributed by atoms with Gasteiger partial charge in [-0.3, -0.25) is 10.5 Å². The molecule has 3 N–H and O–H groups in total. The lowest BCUT2D eigenvalue weighted by Crippen LogP contribution is -2.47. The predicted octanol–water partition coefficient (Wildman–Crippen LogP) is 2.27. The fourth-order valence-corrected chi connectivity index (χ4v) is 2.42. The molecule has 2 unspecified atom stereocenters. The Morgan fingerprint density at radius 2 is 2.22 bits per heavy atom. The van der Waals surface area contributed by atoms with Crippen molar-refractivity contribution in [2.24, 2.45) is 5.84 Å². The van der Waals surface area contributed by atoms with Gasteiger partial charge in [0.2, 0.25) is 0 Å². The van der Waals surface area contributed by atoms with Crippen LogP contribution >= 0.6 is 11.6 Å². The van der Waals surface area contributed by atoms with E-state index in [0.717, 1.165) is 18.7 Å². The highest BCUT2D eigenvalue weighted by Gasteiger charge is 2.37. The second kappa shape index (κ2) is 6.52. The number of rotatable bonds is 7. The first-order valence-corrected chi connectivity index (χ1v) is 6.73. The molecule has 1 aromatic rings. The molecule has 0 aliphatic rings. The highest BCUT2D eigenvalue weighted by atomic mass is 35.5. The minimum atomic E-state index is -0.417. The zero-order chi connectivity index (χ0) is 13.8. The lowest BCUT2D eigenvalue weighted by molar-refractivity contribution is -0.0582. The molecule has 0 amide bonds. The summed E-state index contributed by atoms with van der Waals surface area (Å²) in [5.74, 6) is 5.72. The highest BCUT2D eigenvalue weighted by Crippen LogP contribution is 2.35. The van der Waals surface area contributed by atoms with Crippen LogP contribution in [0.2, 0.25) is 5.02 Å². The Morgan fingerprint density at radius 3 is 2.67 bits per heavy atom. The number of halogens is 1. The lowest BCUT2D eigenvalue weighted by atomic mass is 9.91. The Kier molecular flexibility index (Phi) is 5.59. The van der Waals surface area contributed by atoms with E-state index in [2.05, 4.69) is 17.4 Å². The summed E-state index contributed by atoms with van der Waals surface area (Å²) in [5, 5.41) is 4.85. The molecule has 0 fully saturated rings. The predicted molar refractivity (Wildman–Crippen MR) is 73.3 cm³/mol. The topological polar surface area (TPSA) is 65.1 Å². The summed E-state index contributed by atoms with van der Waals surface area (Å²) in [6.45, 7) is 9.46. The van der Waals surface area contributed by atoms with E-state index in [1.807, 2.05) is 25.5 Å². The number of nitrogens with one attached hydrogen (secondary N) is 1. The van der Waals surface area contributed by atoms with Crippen LogP contribution in [0, 0.1) is 0 Å². The number of nitrogens with two attached hydrogens (primary N) is 1. The first-order chi connectivity index (χ1) is 8.53. The van der Waals surface area contributed by atoms with E-state index in [0.29, 0.717) is 11.6 Å². The van der Waals surface area contributed by atoms with Crippen LogP contribution in [0.1, 0.15) is 45.9 Å². The van der Waals surface area contributed by atoms with E-state index in [4.69, 9.17) is 22.2 Å². The summed E-state index contributed by atoms with van der Waals surface area (Å²) in [6.07, 6.45) is 2.47. The van der Waals surface area contributed by atoms with Crippen LogP contribution in [-0.2, 0) is 11.3 Å². The van der Waals surface area contributed by atoms with Crippen molar-refractivity contribution in [2.45, 2.75) is 52.3 Å². The molecule has 0 saturated heterocycles. The van der Waals surface area contributed by atoms with Crippen molar-refractivity contribution in [3.63, 3.8) is 0 Å². The van der Waals surface area contributed by atoms with Gasteiger partial charge < -0.3 is 4.74 Å². The quantitative estimate of drug-likeness (QED) is 0.591. The van der Waals surface area contributed by atoms with Gasteiger partial charge in [0.15, 0.2) is 0 Å². The molecule has 0 spiro atoms. The van der Waals surface area contributed by atoms with Gasteiger partial charge in [0.25, 0.3) is 0 Å². The van der Waals surface area contributed by atoms with Gasteiger partial charge in [-0.05, 0) is 27.2 Å². The Bertz CT molecular complexity index is 382. The van der Waals surface area contributed by atoms with E-state index in [1.165, 1.54) is 0 Å². The normalized spacial score (nSPS) is 16.6. The van der Waals surface area contributed by atoms with E-state index < -0.39 is 5.60 Å². The molecule has 2 atom stereocenters. The van der Waals surface area contributed by atoms with Crippen molar-refractivity contribution >= 4 is 11.6 Å². The molecule has 104 valence electrons. The van der Waals surface area contributed by atoms with Crippen molar-refractivity contribution in [3.8, 4) is 0 Å². The number of aryl methyl sites for hydroxylation is 1. The van der Waals surface area contributed by atoms with Gasteiger partial charge >= 0.3 is 0 Å². The van der Waals surface area contributed by atoms with Gasteiger partial charge in [0.05, 0.1) is 28.6 Å². The number of hydrogen-bond donors (Lipinski definition) is 2. The molecule has 0 bridgehead atoms. The third kappa shape index (κ3) is 2.85. The van der Waals surface area contributed by atoms with Crippen molar-refractivity contribution in [1.29, 1.82) is 0 Å². The second-order valence-electron chi connectivity index (χ2n) is 4.39. The molecule has 1 heterocycles. The van der Waals surface area contributed by atoms with Gasteiger partial charge in [-0.2, -0.15) is 5.10 Å². The monoisotopic (exact) mass is 274 g/mol. The van der Waals surface area contributed by atoms with E-state index in [1.54, 1.807) is 6.20 Å². The van der Waals surface area contributed by atoms with E-state index in [-0.39, 0.29) is 6.04 Å². The summed E-state index contributed by atoms with van der Waals surface area (Å²) < 4.78 is 7.71. The second-order valence-corrected chi connectivity index (χ2v) is 4.80. The summed E-state index contributed by atoms with van der Waals surface area (Å²) in [6, 6.07) is -0.197. The minimum Gasteiger partial charge on any atom is -0.373 e. The molecular weight excluding hydrogens is 252 g/mol. The number of nitrogens with zero attached hydrogens (tertiary/aromatic N) is 2. The van der Waals surface area contributed by atoms with Crippen molar-refractivity contribution in [3.05, 3.63) is 16.9 Å². The molecule has 0 aromatic carbocycles. The van der Waals surface area contributed by atoms with E-state index >= 15 is 0 Å². The minimum absolute atomic E-state index is 0.197. The van der Waals surface area contributed by atoms with Gasteiger partial charge in [-0.25, -0.2) is 5.43 Å². The van der Waals surface area contributed by atoms with Crippen LogP contribution in [0.4, 0.5) is 0 Å². The molecule has 0 aliphatic heterocycles. The third-order valence-electron chi connectivity index (χ3n) is 3.36. The average Bonchev–Trinajstić information content (AvgIpc) is 2.72. The molecule has 1 aromatic heterocycles. The van der Waals surface area contributed by atoms with E-state index in [9.17, 15) is 0 Å².